The molecule has 0 bridgehead atoms. The molecule has 0 saturated carbocycles. The number of hydrogen-bond donors (Lipinski definition) is 3. The van der Waals surface area contributed by atoms with Gasteiger partial charge in [-0.15, -0.1) is 0 Å². The molecule has 1 atom stereocenters. The van der Waals surface area contributed by atoms with E-state index in [0.29, 0.717) is 35.9 Å². The van der Waals surface area contributed by atoms with Gasteiger partial charge in [0.15, 0.2) is 0 Å². The zero-order valence-electron chi connectivity index (χ0n) is 12.1. The van der Waals surface area contributed by atoms with Crippen LogP contribution in [0.15, 0.2) is 39.9 Å². The van der Waals surface area contributed by atoms with Crippen LogP contribution in [0.4, 0.5) is 10.5 Å². The van der Waals surface area contributed by atoms with Gasteiger partial charge in [0.1, 0.15) is 0 Å². The van der Waals surface area contributed by atoms with Gasteiger partial charge in [0.2, 0.25) is 0 Å². The van der Waals surface area contributed by atoms with Crippen LogP contribution < -0.4 is 16.6 Å². The minimum absolute atomic E-state index is 0.0676. The number of H-pyrrole nitrogens is 2. The molecule has 1 aromatic heterocycles. The Balaban J connectivity index is 1.70. The molecular weight excluding hydrogens is 320 g/mol. The maximum atomic E-state index is 12.3. The first-order chi connectivity index (χ1) is 11.0. The van der Waals surface area contributed by atoms with Crippen LogP contribution in [0.5, 0.6) is 0 Å². The van der Waals surface area contributed by atoms with Gasteiger partial charge in [-0.3, -0.25) is 9.78 Å². The first kappa shape index (κ1) is 15.4. The monoisotopic (exact) mass is 334 g/mol. The van der Waals surface area contributed by atoms with Crippen LogP contribution in [-0.4, -0.2) is 34.0 Å². The van der Waals surface area contributed by atoms with Crippen molar-refractivity contribution in [1.82, 2.24) is 14.9 Å². The van der Waals surface area contributed by atoms with Crippen molar-refractivity contribution in [3.8, 4) is 0 Å². The highest BCUT2D eigenvalue weighted by Crippen LogP contribution is 2.26. The molecule has 7 nitrogen and oxygen atoms in total. The lowest BCUT2D eigenvalue weighted by atomic mass is 10.1. The van der Waals surface area contributed by atoms with Crippen molar-refractivity contribution in [1.29, 1.82) is 0 Å². The van der Waals surface area contributed by atoms with Gasteiger partial charge in [-0.1, -0.05) is 23.7 Å². The fraction of sp³-hybridized carbons (Fsp3) is 0.267. The molecule has 0 aliphatic carbocycles. The lowest BCUT2D eigenvalue weighted by Gasteiger charge is -2.18. The number of para-hydroxylation sites is 1. The topological polar surface area (TPSA) is 98.1 Å². The number of rotatable bonds is 2. The molecule has 0 spiro atoms. The second kappa shape index (κ2) is 6.29. The molecule has 1 saturated heterocycles. The number of carbonyl (C=O) groups excluding carboxylic acids is 1. The molecule has 2 aromatic rings. The molecule has 1 aromatic carbocycles. The summed E-state index contributed by atoms with van der Waals surface area (Å²) < 4.78 is 0. The van der Waals surface area contributed by atoms with E-state index in [2.05, 4.69) is 15.3 Å². The third-order valence-corrected chi connectivity index (χ3v) is 4.14. The summed E-state index contributed by atoms with van der Waals surface area (Å²) >= 11 is 6.02. The summed E-state index contributed by atoms with van der Waals surface area (Å²) in [6, 6.07) is 8.10. The van der Waals surface area contributed by atoms with Gasteiger partial charge < -0.3 is 15.2 Å². The molecule has 1 unspecified atom stereocenters. The Morgan fingerprint density at radius 2 is 2.04 bits per heavy atom. The summed E-state index contributed by atoms with van der Waals surface area (Å²) in [6.45, 7) is 0.964. The number of amides is 2. The van der Waals surface area contributed by atoms with E-state index < -0.39 is 11.2 Å². The van der Waals surface area contributed by atoms with E-state index in [1.165, 1.54) is 6.07 Å². The van der Waals surface area contributed by atoms with Crippen molar-refractivity contribution in [3.05, 3.63) is 61.9 Å². The van der Waals surface area contributed by atoms with Crippen LogP contribution in [0.3, 0.4) is 0 Å². The van der Waals surface area contributed by atoms with Crippen LogP contribution in [0.1, 0.15) is 18.0 Å². The van der Waals surface area contributed by atoms with Gasteiger partial charge in [0.25, 0.3) is 5.56 Å². The Labute approximate surface area is 136 Å². The Morgan fingerprint density at radius 1 is 1.26 bits per heavy atom. The predicted octanol–water partition coefficient (Wildman–Crippen LogP) is 1.74. The summed E-state index contributed by atoms with van der Waals surface area (Å²) in [5, 5.41) is 3.23. The van der Waals surface area contributed by atoms with Crippen molar-refractivity contribution < 1.29 is 4.79 Å². The van der Waals surface area contributed by atoms with E-state index in [0.717, 1.165) is 0 Å². The fourth-order valence-electron chi connectivity index (χ4n) is 2.66. The predicted molar refractivity (Wildman–Crippen MR) is 87.1 cm³/mol. The van der Waals surface area contributed by atoms with Crippen LogP contribution in [0, 0.1) is 0 Å². The number of likely N-dealkylation sites (tertiary alicyclic amines) is 1. The van der Waals surface area contributed by atoms with Gasteiger partial charge in [0, 0.05) is 30.8 Å². The van der Waals surface area contributed by atoms with Crippen LogP contribution in [0.2, 0.25) is 5.02 Å². The highest BCUT2D eigenvalue weighted by atomic mass is 35.5. The van der Waals surface area contributed by atoms with Gasteiger partial charge in [-0.2, -0.15) is 0 Å². The highest BCUT2D eigenvalue weighted by Gasteiger charge is 2.28. The molecule has 120 valence electrons. The van der Waals surface area contributed by atoms with Crippen LogP contribution in [-0.2, 0) is 0 Å². The lowest BCUT2D eigenvalue weighted by Crippen LogP contribution is -2.33. The number of nitrogens with zero attached hydrogens (tertiary/aromatic N) is 1. The number of carbonyl (C=O) groups is 1. The number of aromatic nitrogens is 2. The second-order valence-electron chi connectivity index (χ2n) is 5.38. The Bertz CT molecular complexity index is 817. The average Bonchev–Trinajstić information content (AvgIpc) is 2.98. The largest absolute Gasteiger partial charge is 0.325 e. The van der Waals surface area contributed by atoms with E-state index in [9.17, 15) is 14.4 Å². The zero-order valence-corrected chi connectivity index (χ0v) is 12.9. The molecule has 2 amide bonds. The molecule has 23 heavy (non-hydrogen) atoms. The number of hydrogen-bond acceptors (Lipinski definition) is 3. The summed E-state index contributed by atoms with van der Waals surface area (Å²) in [5.41, 5.74) is 0.119. The normalized spacial score (nSPS) is 17.3. The lowest BCUT2D eigenvalue weighted by molar-refractivity contribution is 0.222. The minimum atomic E-state index is -0.536. The number of urea groups is 1. The molecule has 3 rings (SSSR count). The SMILES string of the molecule is O=C(Nc1ccccc1Cl)N1CCC(c2cc(=O)[nH]c(=O)[nH]2)C1. The number of halogens is 1. The Kier molecular flexibility index (Phi) is 4.20. The summed E-state index contributed by atoms with van der Waals surface area (Å²) in [4.78, 5) is 41.4. The Hall–Kier alpha value is -2.54. The van der Waals surface area contributed by atoms with Gasteiger partial charge in [0.05, 0.1) is 10.7 Å². The van der Waals surface area contributed by atoms with Crippen molar-refractivity contribution in [3.63, 3.8) is 0 Å². The maximum absolute atomic E-state index is 12.3. The summed E-state index contributed by atoms with van der Waals surface area (Å²) in [5.74, 6) is -0.0676. The third kappa shape index (κ3) is 3.45. The number of anilines is 1. The van der Waals surface area contributed by atoms with Crippen molar-refractivity contribution >= 4 is 23.3 Å². The minimum Gasteiger partial charge on any atom is -0.324 e. The van der Waals surface area contributed by atoms with E-state index >= 15 is 0 Å². The molecule has 3 N–H and O–H groups in total. The average molecular weight is 335 g/mol. The summed E-state index contributed by atoms with van der Waals surface area (Å²) in [7, 11) is 0. The molecule has 1 fully saturated rings. The van der Waals surface area contributed by atoms with Crippen molar-refractivity contribution in [2.45, 2.75) is 12.3 Å². The molecular formula is C15H15ClN4O3. The van der Waals surface area contributed by atoms with Gasteiger partial charge >= 0.3 is 11.7 Å². The van der Waals surface area contributed by atoms with E-state index in [4.69, 9.17) is 11.6 Å². The molecule has 2 heterocycles. The molecule has 1 aliphatic heterocycles. The van der Waals surface area contributed by atoms with E-state index in [1.54, 1.807) is 29.2 Å². The van der Waals surface area contributed by atoms with Gasteiger partial charge in [-0.25, -0.2) is 9.59 Å². The maximum Gasteiger partial charge on any atom is 0.325 e. The van der Waals surface area contributed by atoms with E-state index in [-0.39, 0.29) is 11.9 Å². The highest BCUT2D eigenvalue weighted by molar-refractivity contribution is 6.33. The quantitative estimate of drug-likeness (QED) is 0.780. The standard InChI is InChI=1S/C15H15ClN4O3/c16-10-3-1-2-4-11(10)18-15(23)20-6-5-9(8-20)12-7-13(21)19-14(22)17-12/h1-4,7,9H,5-6,8H2,(H,18,23)(H2,17,19,21,22). The second-order valence-corrected chi connectivity index (χ2v) is 5.79. The molecule has 1 aliphatic rings. The fourth-order valence-corrected chi connectivity index (χ4v) is 2.85. The van der Waals surface area contributed by atoms with Crippen molar-refractivity contribution in [2.75, 3.05) is 18.4 Å². The van der Waals surface area contributed by atoms with Crippen molar-refractivity contribution in [2.24, 2.45) is 0 Å². The number of nitrogens with one attached hydrogen (secondary N) is 3. The number of aromatic amines is 2. The first-order valence-corrected chi connectivity index (χ1v) is 7.55. The van der Waals surface area contributed by atoms with Gasteiger partial charge in [-0.05, 0) is 18.6 Å². The molecule has 8 heteroatoms. The Morgan fingerprint density at radius 3 is 2.78 bits per heavy atom. The van der Waals surface area contributed by atoms with Crippen LogP contribution >= 0.6 is 11.6 Å². The molecule has 0 radical (unpaired) electrons. The third-order valence-electron chi connectivity index (χ3n) is 3.81. The first-order valence-electron chi connectivity index (χ1n) is 7.17. The number of benzene rings is 1. The zero-order chi connectivity index (χ0) is 16.4. The smallest absolute Gasteiger partial charge is 0.324 e. The van der Waals surface area contributed by atoms with E-state index in [1.807, 2.05) is 0 Å². The van der Waals surface area contributed by atoms with Crippen LogP contribution in [0.25, 0.3) is 0 Å². The summed E-state index contributed by atoms with van der Waals surface area (Å²) in [6.07, 6.45) is 0.676.